The second-order valence-corrected chi connectivity index (χ2v) is 7.65. The summed E-state index contributed by atoms with van der Waals surface area (Å²) in [4.78, 5) is 15.0. The molecule has 1 fully saturated rings. The smallest absolute Gasteiger partial charge is 0.407 e. The molecule has 2 aromatic rings. The van der Waals surface area contributed by atoms with Crippen LogP contribution in [0.5, 0.6) is 0 Å². The molecule has 0 aliphatic carbocycles. The molecule has 1 aliphatic rings. The molecule has 1 aliphatic heterocycles. The topological polar surface area (TPSA) is 115 Å². The third-order valence-corrected chi connectivity index (χ3v) is 5.36. The maximum absolute atomic E-state index is 11.3. The zero-order valence-corrected chi connectivity index (χ0v) is 17.3. The number of amides is 1. The number of aromatic nitrogens is 2. The van der Waals surface area contributed by atoms with Gasteiger partial charge in [0.15, 0.2) is 0 Å². The number of aliphatic hydroxyl groups is 1. The van der Waals surface area contributed by atoms with E-state index in [1.807, 2.05) is 33.8 Å². The van der Waals surface area contributed by atoms with Crippen LogP contribution in [0.3, 0.4) is 0 Å². The van der Waals surface area contributed by atoms with Crippen molar-refractivity contribution in [3.8, 4) is 0 Å². The van der Waals surface area contributed by atoms with Gasteiger partial charge >= 0.3 is 12.1 Å². The monoisotopic (exact) mass is 403 g/mol. The SMILES string of the molecule is CCC(O)c1nnc(Nc2cc(C)cc(CN3CCN(C(=O)O)[C@@H](C)C3)c2C)o1. The molecule has 1 amide bonds. The van der Waals surface area contributed by atoms with Crippen LogP contribution < -0.4 is 5.32 Å². The van der Waals surface area contributed by atoms with Crippen molar-refractivity contribution >= 4 is 17.8 Å². The summed E-state index contributed by atoms with van der Waals surface area (Å²) < 4.78 is 5.52. The largest absolute Gasteiger partial charge is 0.465 e. The van der Waals surface area contributed by atoms with Crippen molar-refractivity contribution in [1.29, 1.82) is 0 Å². The minimum atomic E-state index is -0.859. The van der Waals surface area contributed by atoms with Gasteiger partial charge in [-0.1, -0.05) is 18.1 Å². The number of hydrogen-bond acceptors (Lipinski definition) is 7. The van der Waals surface area contributed by atoms with Crippen LogP contribution in [-0.2, 0) is 6.54 Å². The van der Waals surface area contributed by atoms with Gasteiger partial charge in [-0.3, -0.25) is 4.90 Å². The molecule has 9 heteroatoms. The molecule has 0 saturated carbocycles. The number of rotatable bonds is 6. The van der Waals surface area contributed by atoms with Crippen LogP contribution >= 0.6 is 0 Å². The Morgan fingerprint density at radius 1 is 1.34 bits per heavy atom. The minimum Gasteiger partial charge on any atom is -0.465 e. The Hall–Kier alpha value is -2.65. The molecule has 1 unspecified atom stereocenters. The van der Waals surface area contributed by atoms with E-state index in [0.717, 1.165) is 28.9 Å². The lowest BCUT2D eigenvalue weighted by atomic mass is 10.0. The average molecular weight is 403 g/mol. The number of carbonyl (C=O) groups is 1. The Bertz CT molecular complexity index is 869. The molecule has 1 aromatic heterocycles. The van der Waals surface area contributed by atoms with Crippen LogP contribution in [0.1, 0.15) is 49.0 Å². The third-order valence-electron chi connectivity index (χ3n) is 5.36. The zero-order chi connectivity index (χ0) is 21.1. The molecule has 1 aromatic carbocycles. The van der Waals surface area contributed by atoms with Gasteiger partial charge in [-0.15, -0.1) is 5.10 Å². The minimum absolute atomic E-state index is 0.0363. The fourth-order valence-corrected chi connectivity index (χ4v) is 3.64. The van der Waals surface area contributed by atoms with Crippen molar-refractivity contribution in [3.63, 3.8) is 0 Å². The zero-order valence-electron chi connectivity index (χ0n) is 17.3. The van der Waals surface area contributed by atoms with E-state index in [2.05, 4.69) is 26.5 Å². The van der Waals surface area contributed by atoms with Crippen molar-refractivity contribution in [2.75, 3.05) is 25.0 Å². The second-order valence-electron chi connectivity index (χ2n) is 7.65. The van der Waals surface area contributed by atoms with Crippen LogP contribution in [0.15, 0.2) is 16.5 Å². The average Bonchev–Trinajstić information content (AvgIpc) is 3.13. The summed E-state index contributed by atoms with van der Waals surface area (Å²) in [5, 5.41) is 30.1. The molecule has 0 bridgehead atoms. The molecule has 0 radical (unpaired) electrons. The fraction of sp³-hybridized carbons (Fsp3) is 0.550. The first-order chi connectivity index (χ1) is 13.8. The lowest BCUT2D eigenvalue weighted by Gasteiger charge is -2.38. The van der Waals surface area contributed by atoms with E-state index in [4.69, 9.17) is 4.42 Å². The first-order valence-electron chi connectivity index (χ1n) is 9.89. The first kappa shape index (κ1) is 21.1. The maximum Gasteiger partial charge on any atom is 0.407 e. The number of aryl methyl sites for hydroxylation is 1. The molecular weight excluding hydrogens is 374 g/mol. The lowest BCUT2D eigenvalue weighted by molar-refractivity contribution is 0.0710. The molecule has 0 spiro atoms. The van der Waals surface area contributed by atoms with E-state index in [1.165, 1.54) is 4.90 Å². The van der Waals surface area contributed by atoms with Crippen LogP contribution in [0.25, 0.3) is 0 Å². The van der Waals surface area contributed by atoms with Gasteiger partial charge in [-0.2, -0.15) is 0 Å². The third kappa shape index (κ3) is 4.86. The molecular formula is C20H29N5O4. The highest BCUT2D eigenvalue weighted by Gasteiger charge is 2.27. The molecule has 1 saturated heterocycles. The van der Waals surface area contributed by atoms with Crippen LogP contribution in [-0.4, -0.2) is 62.0 Å². The van der Waals surface area contributed by atoms with E-state index >= 15 is 0 Å². The Morgan fingerprint density at radius 2 is 2.10 bits per heavy atom. The standard InChI is InChI=1S/C20H29N5O4/c1-5-17(26)18-22-23-19(29-18)21-16-9-12(2)8-15(14(16)4)11-24-6-7-25(20(27)28)13(3)10-24/h8-9,13,17,26H,5-7,10-11H2,1-4H3,(H,21,23)(H,27,28)/t13-,17?/m0/s1. The van der Waals surface area contributed by atoms with Gasteiger partial charge in [0.25, 0.3) is 0 Å². The molecule has 158 valence electrons. The summed E-state index contributed by atoms with van der Waals surface area (Å²) in [6.07, 6.45) is -1.12. The molecule has 3 rings (SSSR count). The van der Waals surface area contributed by atoms with Crippen molar-refractivity contribution in [2.24, 2.45) is 0 Å². The number of benzene rings is 1. The number of nitrogens with one attached hydrogen (secondary N) is 1. The van der Waals surface area contributed by atoms with E-state index in [-0.39, 0.29) is 17.9 Å². The van der Waals surface area contributed by atoms with Crippen LogP contribution in [0.2, 0.25) is 0 Å². The van der Waals surface area contributed by atoms with Gasteiger partial charge in [0.2, 0.25) is 5.89 Å². The molecule has 2 atom stereocenters. The molecule has 9 nitrogen and oxygen atoms in total. The van der Waals surface area contributed by atoms with Gasteiger partial charge in [-0.05, 0) is 49.9 Å². The van der Waals surface area contributed by atoms with Crippen molar-refractivity contribution in [3.05, 3.63) is 34.7 Å². The van der Waals surface area contributed by atoms with Gasteiger partial charge in [0.05, 0.1) is 0 Å². The van der Waals surface area contributed by atoms with E-state index in [9.17, 15) is 15.0 Å². The molecule has 2 heterocycles. The van der Waals surface area contributed by atoms with Crippen LogP contribution in [0.4, 0.5) is 16.5 Å². The normalized spacial score (nSPS) is 18.7. The Balaban J connectivity index is 1.74. The van der Waals surface area contributed by atoms with E-state index < -0.39 is 12.2 Å². The van der Waals surface area contributed by atoms with Gasteiger partial charge in [0.1, 0.15) is 6.10 Å². The Kier molecular flexibility index (Phi) is 6.39. The Morgan fingerprint density at radius 3 is 2.76 bits per heavy atom. The van der Waals surface area contributed by atoms with Gasteiger partial charge < -0.3 is 24.8 Å². The number of nitrogens with zero attached hydrogens (tertiary/aromatic N) is 4. The number of anilines is 2. The summed E-state index contributed by atoms with van der Waals surface area (Å²) in [6.45, 7) is 10.5. The molecule has 3 N–H and O–H groups in total. The number of aliphatic hydroxyl groups excluding tert-OH is 1. The maximum atomic E-state index is 11.3. The van der Waals surface area contributed by atoms with Crippen molar-refractivity contribution in [1.82, 2.24) is 20.0 Å². The number of carboxylic acid groups (broad SMARTS) is 1. The predicted molar refractivity (Wildman–Crippen MR) is 108 cm³/mol. The fourth-order valence-electron chi connectivity index (χ4n) is 3.64. The summed E-state index contributed by atoms with van der Waals surface area (Å²) in [5.41, 5.74) is 4.20. The Labute approximate surface area is 170 Å². The summed E-state index contributed by atoms with van der Waals surface area (Å²) in [6, 6.07) is 4.38. The molecule has 29 heavy (non-hydrogen) atoms. The lowest BCUT2D eigenvalue weighted by Crippen LogP contribution is -2.53. The van der Waals surface area contributed by atoms with E-state index in [0.29, 0.717) is 26.1 Å². The quantitative estimate of drug-likeness (QED) is 0.674. The first-order valence-corrected chi connectivity index (χ1v) is 9.89. The summed E-state index contributed by atoms with van der Waals surface area (Å²) in [7, 11) is 0. The highest BCUT2D eigenvalue weighted by atomic mass is 16.4. The predicted octanol–water partition coefficient (Wildman–Crippen LogP) is 3.06. The second kappa shape index (κ2) is 8.79. The van der Waals surface area contributed by atoms with Crippen molar-refractivity contribution in [2.45, 2.75) is 52.8 Å². The summed E-state index contributed by atoms with van der Waals surface area (Å²) >= 11 is 0. The number of hydrogen-bond donors (Lipinski definition) is 3. The number of piperazine rings is 1. The highest BCUT2D eigenvalue weighted by molar-refractivity contribution is 5.65. The van der Waals surface area contributed by atoms with Crippen molar-refractivity contribution < 1.29 is 19.4 Å². The summed E-state index contributed by atoms with van der Waals surface area (Å²) in [5.74, 6) is 0.200. The van der Waals surface area contributed by atoms with Gasteiger partial charge in [0, 0.05) is 37.9 Å². The van der Waals surface area contributed by atoms with Gasteiger partial charge in [-0.25, -0.2) is 4.79 Å². The van der Waals surface area contributed by atoms with E-state index in [1.54, 1.807) is 0 Å². The highest BCUT2D eigenvalue weighted by Crippen LogP contribution is 2.27. The van der Waals surface area contributed by atoms with Crippen LogP contribution in [0, 0.1) is 13.8 Å².